The molecule has 1 aromatic rings. The van der Waals surface area contributed by atoms with Crippen molar-refractivity contribution in [1.29, 1.82) is 0 Å². The maximum absolute atomic E-state index is 11.2. The fourth-order valence-electron chi connectivity index (χ4n) is 1.16. The summed E-state index contributed by atoms with van der Waals surface area (Å²) in [6, 6.07) is 1.75. The third kappa shape index (κ3) is 3.90. The minimum Gasteiger partial charge on any atom is -0.370 e. The van der Waals surface area contributed by atoms with E-state index in [0.717, 1.165) is 18.8 Å². The zero-order valence-electron chi connectivity index (χ0n) is 10.4. The molecule has 0 bridgehead atoms. The lowest BCUT2D eigenvalue weighted by atomic mass is 10.1. The molecule has 0 atom stereocenters. The van der Waals surface area contributed by atoms with Crippen molar-refractivity contribution < 1.29 is 4.79 Å². The number of amides is 1. The van der Waals surface area contributed by atoms with Gasteiger partial charge in [0, 0.05) is 12.6 Å². The lowest BCUT2D eigenvalue weighted by molar-refractivity contribution is -0.121. The molecule has 0 aliphatic heterocycles. The Morgan fingerprint density at radius 2 is 2.06 bits per heavy atom. The Hall–Kier alpha value is -1.85. The van der Waals surface area contributed by atoms with Crippen LogP contribution in [0.25, 0.3) is 0 Å². The Kier molecular flexibility index (Phi) is 4.25. The number of carbonyl (C=O) groups excluding carboxylic acids is 1. The third-order valence-corrected chi connectivity index (χ3v) is 2.28. The summed E-state index contributed by atoms with van der Waals surface area (Å²) in [4.78, 5) is 19.3. The van der Waals surface area contributed by atoms with Crippen molar-refractivity contribution >= 4 is 17.5 Å². The average molecular weight is 237 g/mol. The Labute approximate surface area is 101 Å². The molecule has 0 spiro atoms. The van der Waals surface area contributed by atoms with Crippen LogP contribution in [0.5, 0.6) is 0 Å². The zero-order chi connectivity index (χ0) is 12.9. The summed E-state index contributed by atoms with van der Waals surface area (Å²) >= 11 is 0. The molecule has 0 radical (unpaired) electrons. The monoisotopic (exact) mass is 237 g/mol. The minimum atomic E-state index is -0.837. The molecule has 4 N–H and O–H groups in total. The fourth-order valence-corrected chi connectivity index (χ4v) is 1.16. The smallest absolute Gasteiger partial charge is 0.242 e. The highest BCUT2D eigenvalue weighted by Gasteiger charge is 2.24. The SMILES string of the molecule is CCCNc1cc(NC(C)(C)C(N)=O)ncn1. The standard InChI is InChI=1S/C11H19N5O/c1-4-5-13-8-6-9(15-7-14-8)16-11(2,3)10(12)17/h6-7H,4-5H2,1-3H3,(H2,12,17)(H2,13,14,15,16). The van der Waals surface area contributed by atoms with Crippen LogP contribution in [0.2, 0.25) is 0 Å². The van der Waals surface area contributed by atoms with Gasteiger partial charge in [0.05, 0.1) is 0 Å². The number of hydrogen-bond acceptors (Lipinski definition) is 5. The summed E-state index contributed by atoms with van der Waals surface area (Å²) in [5.41, 5.74) is 4.44. The summed E-state index contributed by atoms with van der Waals surface area (Å²) in [6.45, 7) is 6.33. The second-order valence-electron chi connectivity index (χ2n) is 4.33. The molecule has 0 fully saturated rings. The maximum atomic E-state index is 11.2. The Bertz CT molecular complexity index is 391. The van der Waals surface area contributed by atoms with Gasteiger partial charge in [-0.3, -0.25) is 4.79 Å². The topological polar surface area (TPSA) is 92.9 Å². The molecule has 1 rings (SSSR count). The van der Waals surface area contributed by atoms with Gasteiger partial charge in [0.1, 0.15) is 23.5 Å². The van der Waals surface area contributed by atoms with Crippen molar-refractivity contribution in [2.75, 3.05) is 17.2 Å². The van der Waals surface area contributed by atoms with Crippen molar-refractivity contribution in [2.45, 2.75) is 32.7 Å². The maximum Gasteiger partial charge on any atom is 0.242 e. The molecular weight excluding hydrogens is 218 g/mol. The van der Waals surface area contributed by atoms with Gasteiger partial charge < -0.3 is 16.4 Å². The summed E-state index contributed by atoms with van der Waals surface area (Å²) in [5, 5.41) is 6.11. The molecule has 0 saturated carbocycles. The van der Waals surface area contributed by atoms with Crippen molar-refractivity contribution in [3.63, 3.8) is 0 Å². The van der Waals surface area contributed by atoms with Crippen LogP contribution < -0.4 is 16.4 Å². The summed E-state index contributed by atoms with van der Waals surface area (Å²) in [5.74, 6) is 0.867. The summed E-state index contributed by atoms with van der Waals surface area (Å²) < 4.78 is 0. The molecule has 0 aliphatic rings. The molecule has 0 aliphatic carbocycles. The summed E-state index contributed by atoms with van der Waals surface area (Å²) in [7, 11) is 0. The number of anilines is 2. The lowest BCUT2D eigenvalue weighted by Crippen LogP contribution is -2.45. The largest absolute Gasteiger partial charge is 0.370 e. The van der Waals surface area contributed by atoms with Crippen LogP contribution in [-0.4, -0.2) is 28.0 Å². The summed E-state index contributed by atoms with van der Waals surface area (Å²) in [6.07, 6.45) is 2.46. The van der Waals surface area contributed by atoms with Crippen molar-refractivity contribution in [3.8, 4) is 0 Å². The number of hydrogen-bond donors (Lipinski definition) is 3. The van der Waals surface area contributed by atoms with E-state index in [4.69, 9.17) is 5.73 Å². The third-order valence-electron chi connectivity index (χ3n) is 2.28. The van der Waals surface area contributed by atoms with E-state index < -0.39 is 11.4 Å². The van der Waals surface area contributed by atoms with Gasteiger partial charge in [0.15, 0.2) is 0 Å². The first-order valence-electron chi connectivity index (χ1n) is 5.59. The van der Waals surface area contributed by atoms with Crippen LogP contribution in [0.3, 0.4) is 0 Å². The van der Waals surface area contributed by atoms with Crippen LogP contribution in [-0.2, 0) is 4.79 Å². The number of nitrogens with one attached hydrogen (secondary N) is 2. The van der Waals surface area contributed by atoms with Crippen LogP contribution in [0.4, 0.5) is 11.6 Å². The van der Waals surface area contributed by atoms with E-state index in [1.807, 2.05) is 0 Å². The Balaban J connectivity index is 2.75. The van der Waals surface area contributed by atoms with Crippen molar-refractivity contribution in [1.82, 2.24) is 9.97 Å². The van der Waals surface area contributed by atoms with E-state index in [2.05, 4.69) is 27.5 Å². The number of rotatable bonds is 6. The molecular formula is C11H19N5O. The van der Waals surface area contributed by atoms with E-state index in [1.165, 1.54) is 6.33 Å². The number of nitrogens with two attached hydrogens (primary N) is 1. The first-order chi connectivity index (χ1) is 7.95. The van der Waals surface area contributed by atoms with Gasteiger partial charge in [-0.1, -0.05) is 6.92 Å². The first kappa shape index (κ1) is 13.2. The van der Waals surface area contributed by atoms with Gasteiger partial charge in [-0.2, -0.15) is 0 Å². The van der Waals surface area contributed by atoms with Crippen LogP contribution in [0.15, 0.2) is 12.4 Å². The van der Waals surface area contributed by atoms with E-state index >= 15 is 0 Å². The zero-order valence-corrected chi connectivity index (χ0v) is 10.4. The van der Waals surface area contributed by atoms with E-state index in [-0.39, 0.29) is 0 Å². The van der Waals surface area contributed by atoms with Crippen molar-refractivity contribution in [3.05, 3.63) is 12.4 Å². The molecule has 1 aromatic heterocycles. The van der Waals surface area contributed by atoms with E-state index in [0.29, 0.717) is 5.82 Å². The Morgan fingerprint density at radius 1 is 1.41 bits per heavy atom. The quantitative estimate of drug-likeness (QED) is 0.685. The predicted octanol–water partition coefficient (Wildman–Crippen LogP) is 0.974. The van der Waals surface area contributed by atoms with Crippen molar-refractivity contribution in [2.24, 2.45) is 5.73 Å². The predicted molar refractivity (Wildman–Crippen MR) is 67.7 cm³/mol. The fraction of sp³-hybridized carbons (Fsp3) is 0.545. The normalized spacial score (nSPS) is 11.0. The number of carbonyl (C=O) groups is 1. The molecule has 94 valence electrons. The van der Waals surface area contributed by atoms with Gasteiger partial charge in [0.25, 0.3) is 0 Å². The van der Waals surface area contributed by atoms with Gasteiger partial charge in [-0.05, 0) is 20.3 Å². The first-order valence-corrected chi connectivity index (χ1v) is 5.59. The lowest BCUT2D eigenvalue weighted by Gasteiger charge is -2.22. The minimum absolute atomic E-state index is 0.431. The molecule has 1 amide bonds. The molecule has 0 aromatic carbocycles. The van der Waals surface area contributed by atoms with Gasteiger partial charge in [-0.15, -0.1) is 0 Å². The van der Waals surface area contributed by atoms with E-state index in [9.17, 15) is 4.79 Å². The van der Waals surface area contributed by atoms with Gasteiger partial charge in [-0.25, -0.2) is 9.97 Å². The average Bonchev–Trinajstić information content (AvgIpc) is 2.26. The second kappa shape index (κ2) is 5.47. The Morgan fingerprint density at radius 3 is 2.65 bits per heavy atom. The number of aromatic nitrogens is 2. The van der Waals surface area contributed by atoms with Gasteiger partial charge in [0.2, 0.25) is 5.91 Å². The highest BCUT2D eigenvalue weighted by Crippen LogP contribution is 2.14. The highest BCUT2D eigenvalue weighted by atomic mass is 16.1. The number of nitrogens with zero attached hydrogens (tertiary/aromatic N) is 2. The molecule has 17 heavy (non-hydrogen) atoms. The molecule has 0 unspecified atom stereocenters. The molecule has 0 saturated heterocycles. The second-order valence-corrected chi connectivity index (χ2v) is 4.33. The molecule has 6 nitrogen and oxygen atoms in total. The van der Waals surface area contributed by atoms with E-state index in [1.54, 1.807) is 19.9 Å². The van der Waals surface area contributed by atoms with Gasteiger partial charge >= 0.3 is 0 Å². The highest BCUT2D eigenvalue weighted by molar-refractivity contribution is 5.86. The molecule has 6 heteroatoms. The van der Waals surface area contributed by atoms with Crippen LogP contribution in [0, 0.1) is 0 Å². The van der Waals surface area contributed by atoms with Crippen LogP contribution >= 0.6 is 0 Å². The van der Waals surface area contributed by atoms with Crippen LogP contribution in [0.1, 0.15) is 27.2 Å². The number of primary amides is 1. The molecule has 1 heterocycles.